The predicted molar refractivity (Wildman–Crippen MR) is 83.6 cm³/mol. The van der Waals surface area contributed by atoms with E-state index < -0.39 is 12.1 Å². The van der Waals surface area contributed by atoms with E-state index in [4.69, 9.17) is 0 Å². The molecule has 0 fully saturated rings. The Morgan fingerprint density at radius 3 is 2.05 bits per heavy atom. The summed E-state index contributed by atoms with van der Waals surface area (Å²) in [4.78, 5) is 11.9. The molecule has 0 bridgehead atoms. The Hall–Kier alpha value is -2.13. The van der Waals surface area contributed by atoms with Crippen molar-refractivity contribution in [3.63, 3.8) is 0 Å². The van der Waals surface area contributed by atoms with Crippen molar-refractivity contribution in [3.05, 3.63) is 71.8 Å². The Labute approximate surface area is 125 Å². The van der Waals surface area contributed by atoms with Crippen molar-refractivity contribution in [1.82, 2.24) is 5.32 Å². The standard InChI is InChI=1S/C18H21NO2/c1-2-9-16(20)19-17(14-10-5-3-6-11-14)18(21)15-12-7-4-8-13-15/h3-8,10-13,17-18,21H,2,9H2,1H3,(H,19,20)/t17-,18+/m0/s1. The number of hydrogen-bond donors (Lipinski definition) is 2. The smallest absolute Gasteiger partial charge is 0.220 e. The van der Waals surface area contributed by atoms with Gasteiger partial charge in [-0.25, -0.2) is 0 Å². The van der Waals surface area contributed by atoms with Crippen LogP contribution >= 0.6 is 0 Å². The molecule has 0 saturated carbocycles. The van der Waals surface area contributed by atoms with Crippen molar-refractivity contribution in [2.24, 2.45) is 0 Å². The van der Waals surface area contributed by atoms with E-state index in [2.05, 4.69) is 5.32 Å². The molecule has 0 unspecified atom stereocenters. The van der Waals surface area contributed by atoms with Gasteiger partial charge in [-0.3, -0.25) is 4.79 Å². The predicted octanol–water partition coefficient (Wildman–Crippen LogP) is 3.38. The lowest BCUT2D eigenvalue weighted by molar-refractivity contribution is -0.122. The van der Waals surface area contributed by atoms with Crippen molar-refractivity contribution in [2.45, 2.75) is 31.9 Å². The average Bonchev–Trinajstić information content (AvgIpc) is 2.54. The highest BCUT2D eigenvalue weighted by molar-refractivity contribution is 5.76. The summed E-state index contributed by atoms with van der Waals surface area (Å²) in [5.41, 5.74) is 1.70. The molecule has 0 heterocycles. The molecule has 2 N–H and O–H groups in total. The van der Waals surface area contributed by atoms with E-state index in [0.29, 0.717) is 6.42 Å². The van der Waals surface area contributed by atoms with Gasteiger partial charge in [0.2, 0.25) is 5.91 Å². The van der Waals surface area contributed by atoms with Gasteiger partial charge in [0, 0.05) is 6.42 Å². The van der Waals surface area contributed by atoms with Crippen molar-refractivity contribution in [1.29, 1.82) is 0 Å². The zero-order valence-electron chi connectivity index (χ0n) is 12.2. The van der Waals surface area contributed by atoms with Gasteiger partial charge in [-0.05, 0) is 17.5 Å². The number of benzene rings is 2. The zero-order valence-corrected chi connectivity index (χ0v) is 12.2. The highest BCUT2D eigenvalue weighted by Crippen LogP contribution is 2.28. The van der Waals surface area contributed by atoms with E-state index in [9.17, 15) is 9.90 Å². The second-order valence-corrected chi connectivity index (χ2v) is 5.06. The van der Waals surface area contributed by atoms with Gasteiger partial charge in [0.25, 0.3) is 0 Å². The number of rotatable bonds is 6. The van der Waals surface area contributed by atoms with Gasteiger partial charge in [0.1, 0.15) is 6.10 Å². The van der Waals surface area contributed by atoms with Crippen molar-refractivity contribution in [2.75, 3.05) is 0 Å². The average molecular weight is 283 g/mol. The summed E-state index contributed by atoms with van der Waals surface area (Å²) in [6.07, 6.45) is 0.481. The van der Waals surface area contributed by atoms with Gasteiger partial charge in [-0.15, -0.1) is 0 Å². The van der Waals surface area contributed by atoms with Crippen LogP contribution in [0, 0.1) is 0 Å². The summed E-state index contributed by atoms with van der Waals surface area (Å²) in [7, 11) is 0. The molecule has 0 aliphatic heterocycles. The van der Waals surface area contributed by atoms with Gasteiger partial charge in [-0.2, -0.15) is 0 Å². The van der Waals surface area contributed by atoms with Crippen LogP contribution < -0.4 is 5.32 Å². The topological polar surface area (TPSA) is 49.3 Å². The van der Waals surface area contributed by atoms with E-state index in [0.717, 1.165) is 17.5 Å². The van der Waals surface area contributed by atoms with Crippen LogP contribution in [0.2, 0.25) is 0 Å². The largest absolute Gasteiger partial charge is 0.386 e. The van der Waals surface area contributed by atoms with Gasteiger partial charge in [0.15, 0.2) is 0 Å². The molecule has 2 aromatic rings. The maximum Gasteiger partial charge on any atom is 0.220 e. The summed E-state index contributed by atoms with van der Waals surface area (Å²) in [6.45, 7) is 1.96. The molecule has 2 atom stereocenters. The third-order valence-electron chi connectivity index (χ3n) is 3.41. The Bertz CT molecular complexity index is 554. The first-order valence-corrected chi connectivity index (χ1v) is 7.29. The van der Waals surface area contributed by atoms with Crippen molar-refractivity contribution < 1.29 is 9.90 Å². The maximum absolute atomic E-state index is 11.9. The molecular formula is C18H21NO2. The van der Waals surface area contributed by atoms with Crippen LogP contribution in [0.3, 0.4) is 0 Å². The number of hydrogen-bond acceptors (Lipinski definition) is 2. The fourth-order valence-corrected chi connectivity index (χ4v) is 2.32. The fourth-order valence-electron chi connectivity index (χ4n) is 2.32. The highest BCUT2D eigenvalue weighted by Gasteiger charge is 2.24. The van der Waals surface area contributed by atoms with Crippen molar-refractivity contribution >= 4 is 5.91 Å². The van der Waals surface area contributed by atoms with Crippen LogP contribution in [-0.2, 0) is 4.79 Å². The first kappa shape index (κ1) is 15.3. The van der Waals surface area contributed by atoms with Gasteiger partial charge >= 0.3 is 0 Å². The van der Waals surface area contributed by atoms with Crippen LogP contribution in [0.4, 0.5) is 0 Å². The summed E-state index contributed by atoms with van der Waals surface area (Å²) in [6, 6.07) is 18.5. The molecule has 0 aliphatic carbocycles. The lowest BCUT2D eigenvalue weighted by Gasteiger charge is -2.25. The molecule has 1 amide bonds. The summed E-state index contributed by atoms with van der Waals surface area (Å²) < 4.78 is 0. The normalized spacial score (nSPS) is 13.4. The quantitative estimate of drug-likeness (QED) is 0.854. The van der Waals surface area contributed by atoms with Crippen LogP contribution in [0.5, 0.6) is 0 Å². The van der Waals surface area contributed by atoms with E-state index in [1.165, 1.54) is 0 Å². The van der Waals surface area contributed by atoms with Crippen LogP contribution in [0.1, 0.15) is 43.0 Å². The van der Waals surface area contributed by atoms with Gasteiger partial charge in [-0.1, -0.05) is 67.6 Å². The molecule has 0 saturated heterocycles. The fraction of sp³-hybridized carbons (Fsp3) is 0.278. The SMILES string of the molecule is CCCC(=O)N[C@@H](c1ccccc1)[C@H](O)c1ccccc1. The van der Waals surface area contributed by atoms with Crippen LogP contribution in [0.25, 0.3) is 0 Å². The highest BCUT2D eigenvalue weighted by atomic mass is 16.3. The Morgan fingerprint density at radius 2 is 1.52 bits per heavy atom. The lowest BCUT2D eigenvalue weighted by atomic mass is 9.95. The van der Waals surface area contributed by atoms with E-state index >= 15 is 0 Å². The number of amides is 1. The summed E-state index contributed by atoms with van der Waals surface area (Å²) in [5.74, 6) is -0.0404. The number of aliphatic hydroxyl groups is 1. The minimum atomic E-state index is -0.769. The zero-order chi connectivity index (χ0) is 15.1. The van der Waals surface area contributed by atoms with Crippen LogP contribution in [0.15, 0.2) is 60.7 Å². The first-order valence-electron chi connectivity index (χ1n) is 7.29. The molecule has 0 aromatic heterocycles. The minimum absolute atomic E-state index is 0.0404. The van der Waals surface area contributed by atoms with Crippen LogP contribution in [-0.4, -0.2) is 11.0 Å². The number of carbonyl (C=O) groups is 1. The number of carbonyl (C=O) groups excluding carboxylic acids is 1. The molecule has 3 nitrogen and oxygen atoms in total. The Kier molecular flexibility index (Phi) is 5.52. The van der Waals surface area contributed by atoms with E-state index in [-0.39, 0.29) is 5.91 Å². The molecule has 0 aliphatic rings. The van der Waals surface area contributed by atoms with Crippen molar-refractivity contribution in [3.8, 4) is 0 Å². The number of aliphatic hydroxyl groups excluding tert-OH is 1. The molecule has 110 valence electrons. The maximum atomic E-state index is 11.9. The number of nitrogens with one attached hydrogen (secondary N) is 1. The Morgan fingerprint density at radius 1 is 1.00 bits per heavy atom. The first-order chi connectivity index (χ1) is 10.2. The van der Waals surface area contributed by atoms with Gasteiger partial charge in [0.05, 0.1) is 6.04 Å². The molecule has 21 heavy (non-hydrogen) atoms. The minimum Gasteiger partial charge on any atom is -0.386 e. The van der Waals surface area contributed by atoms with Gasteiger partial charge < -0.3 is 10.4 Å². The monoisotopic (exact) mass is 283 g/mol. The molecule has 2 aromatic carbocycles. The molecule has 3 heteroatoms. The summed E-state index contributed by atoms with van der Waals surface area (Å²) >= 11 is 0. The second-order valence-electron chi connectivity index (χ2n) is 5.06. The second kappa shape index (κ2) is 7.60. The molecular weight excluding hydrogens is 262 g/mol. The Balaban J connectivity index is 2.25. The van der Waals surface area contributed by atoms with E-state index in [1.807, 2.05) is 67.6 Å². The molecule has 2 rings (SSSR count). The lowest BCUT2D eigenvalue weighted by Crippen LogP contribution is -2.32. The van der Waals surface area contributed by atoms with E-state index in [1.54, 1.807) is 0 Å². The third kappa shape index (κ3) is 4.17. The third-order valence-corrected chi connectivity index (χ3v) is 3.41. The molecule has 0 spiro atoms. The molecule has 0 radical (unpaired) electrons. The summed E-state index contributed by atoms with van der Waals surface area (Å²) in [5, 5.41) is 13.6.